The molecular formula is C8H4BrClN2S. The highest BCUT2D eigenvalue weighted by atomic mass is 79.9. The van der Waals surface area contributed by atoms with Gasteiger partial charge in [0.2, 0.25) is 4.47 Å². The molecule has 0 N–H and O–H groups in total. The van der Waals surface area contributed by atoms with Crippen LogP contribution >= 0.6 is 38.9 Å². The van der Waals surface area contributed by atoms with Crippen molar-refractivity contribution in [2.75, 3.05) is 0 Å². The van der Waals surface area contributed by atoms with E-state index in [1.807, 2.05) is 24.3 Å². The molecule has 66 valence electrons. The minimum absolute atomic E-state index is 0.464. The molecule has 2 nitrogen and oxygen atoms in total. The second kappa shape index (κ2) is 3.74. The minimum atomic E-state index is 0.464. The van der Waals surface area contributed by atoms with E-state index in [1.54, 1.807) is 0 Å². The number of nitrogens with zero attached hydrogens (tertiary/aromatic N) is 2. The Balaban J connectivity index is 2.52. The van der Waals surface area contributed by atoms with Gasteiger partial charge in [-0.2, -0.15) is 0 Å². The van der Waals surface area contributed by atoms with Gasteiger partial charge >= 0.3 is 0 Å². The van der Waals surface area contributed by atoms with Crippen LogP contribution in [0.1, 0.15) is 0 Å². The van der Waals surface area contributed by atoms with Crippen LogP contribution in [0.4, 0.5) is 0 Å². The number of hydrogen-bond acceptors (Lipinski definition) is 3. The standard InChI is InChI=1S/C8H4BrClN2S/c9-6-4-2-1-3-5(6)7-11-12-8(10)13-7/h1-4H. The van der Waals surface area contributed by atoms with E-state index < -0.39 is 0 Å². The highest BCUT2D eigenvalue weighted by Crippen LogP contribution is 2.31. The Morgan fingerprint density at radius 3 is 2.62 bits per heavy atom. The SMILES string of the molecule is Clc1nnc(-c2ccccc2Br)s1. The minimum Gasteiger partial charge on any atom is -0.137 e. The molecule has 0 fully saturated rings. The molecule has 1 aromatic heterocycles. The van der Waals surface area contributed by atoms with Gasteiger partial charge in [0, 0.05) is 10.0 Å². The molecule has 0 saturated heterocycles. The zero-order chi connectivity index (χ0) is 9.26. The summed E-state index contributed by atoms with van der Waals surface area (Å²) in [6, 6.07) is 7.84. The van der Waals surface area contributed by atoms with Crippen molar-refractivity contribution in [1.29, 1.82) is 0 Å². The highest BCUT2D eigenvalue weighted by Gasteiger charge is 2.07. The van der Waals surface area contributed by atoms with Gasteiger partial charge in [0.1, 0.15) is 5.01 Å². The fourth-order valence-electron chi connectivity index (χ4n) is 0.949. The number of rotatable bonds is 1. The Morgan fingerprint density at radius 2 is 2.00 bits per heavy atom. The van der Waals surface area contributed by atoms with Crippen molar-refractivity contribution in [3.8, 4) is 10.6 Å². The summed E-state index contributed by atoms with van der Waals surface area (Å²) < 4.78 is 1.47. The fraction of sp³-hybridized carbons (Fsp3) is 0. The molecule has 0 aliphatic carbocycles. The van der Waals surface area contributed by atoms with Crippen molar-refractivity contribution < 1.29 is 0 Å². The van der Waals surface area contributed by atoms with Crippen LogP contribution in [0, 0.1) is 0 Å². The molecule has 1 aromatic carbocycles. The van der Waals surface area contributed by atoms with Gasteiger partial charge in [-0.1, -0.05) is 45.5 Å². The van der Waals surface area contributed by atoms with Gasteiger partial charge < -0.3 is 0 Å². The van der Waals surface area contributed by atoms with Crippen molar-refractivity contribution in [2.24, 2.45) is 0 Å². The third-order valence-electron chi connectivity index (χ3n) is 1.50. The Kier molecular flexibility index (Phi) is 2.62. The van der Waals surface area contributed by atoms with Crippen LogP contribution in [-0.4, -0.2) is 10.2 Å². The quantitative estimate of drug-likeness (QED) is 0.794. The molecule has 0 saturated carbocycles. The molecule has 2 aromatic rings. The lowest BCUT2D eigenvalue weighted by Gasteiger charge is -1.96. The third kappa shape index (κ3) is 1.90. The molecular weight excluding hydrogens is 272 g/mol. The fourth-order valence-corrected chi connectivity index (χ4v) is 2.42. The Bertz CT molecular complexity index is 430. The van der Waals surface area contributed by atoms with E-state index in [9.17, 15) is 0 Å². The van der Waals surface area contributed by atoms with E-state index in [4.69, 9.17) is 11.6 Å². The first-order valence-electron chi connectivity index (χ1n) is 3.51. The maximum absolute atomic E-state index is 5.69. The molecule has 0 radical (unpaired) electrons. The summed E-state index contributed by atoms with van der Waals surface area (Å²) in [7, 11) is 0. The molecule has 0 amide bonds. The Hall–Kier alpha value is -0.450. The number of halogens is 2. The van der Waals surface area contributed by atoms with Crippen LogP contribution in [0.2, 0.25) is 4.47 Å². The molecule has 0 aliphatic heterocycles. The van der Waals surface area contributed by atoms with Crippen LogP contribution in [0.3, 0.4) is 0 Å². The largest absolute Gasteiger partial charge is 0.207 e. The Morgan fingerprint density at radius 1 is 1.23 bits per heavy atom. The molecule has 13 heavy (non-hydrogen) atoms. The summed E-state index contributed by atoms with van der Waals surface area (Å²) >= 11 is 10.5. The van der Waals surface area contributed by atoms with Gasteiger partial charge in [0.25, 0.3) is 0 Å². The number of benzene rings is 1. The van der Waals surface area contributed by atoms with Crippen LogP contribution in [0.15, 0.2) is 28.7 Å². The topological polar surface area (TPSA) is 25.8 Å². The maximum Gasteiger partial charge on any atom is 0.207 e. The summed E-state index contributed by atoms with van der Waals surface area (Å²) in [5.41, 5.74) is 1.02. The zero-order valence-corrected chi connectivity index (χ0v) is 9.53. The van der Waals surface area contributed by atoms with Gasteiger partial charge in [-0.05, 0) is 17.7 Å². The number of aromatic nitrogens is 2. The van der Waals surface area contributed by atoms with E-state index in [1.165, 1.54) is 11.3 Å². The van der Waals surface area contributed by atoms with Crippen molar-refractivity contribution in [1.82, 2.24) is 10.2 Å². The van der Waals surface area contributed by atoms with Gasteiger partial charge in [0.05, 0.1) is 0 Å². The van der Waals surface area contributed by atoms with Crippen molar-refractivity contribution in [3.63, 3.8) is 0 Å². The summed E-state index contributed by atoms with van der Waals surface area (Å²) in [5.74, 6) is 0. The zero-order valence-electron chi connectivity index (χ0n) is 6.37. The molecule has 0 unspecified atom stereocenters. The van der Waals surface area contributed by atoms with Gasteiger partial charge in [0.15, 0.2) is 0 Å². The lowest BCUT2D eigenvalue weighted by atomic mass is 10.2. The van der Waals surface area contributed by atoms with Crippen molar-refractivity contribution in [3.05, 3.63) is 33.2 Å². The average molecular weight is 276 g/mol. The van der Waals surface area contributed by atoms with E-state index in [2.05, 4.69) is 26.1 Å². The predicted molar refractivity (Wildman–Crippen MR) is 58.1 cm³/mol. The predicted octanol–water partition coefficient (Wildman–Crippen LogP) is 3.62. The summed E-state index contributed by atoms with van der Waals surface area (Å²) in [6.07, 6.45) is 0. The van der Waals surface area contributed by atoms with Gasteiger partial charge in [-0.3, -0.25) is 0 Å². The highest BCUT2D eigenvalue weighted by molar-refractivity contribution is 9.10. The summed E-state index contributed by atoms with van der Waals surface area (Å²) in [4.78, 5) is 0. The average Bonchev–Trinajstić information content (AvgIpc) is 2.53. The Labute approximate surface area is 92.7 Å². The van der Waals surface area contributed by atoms with E-state index in [0.717, 1.165) is 15.0 Å². The third-order valence-corrected chi connectivity index (χ3v) is 3.25. The monoisotopic (exact) mass is 274 g/mol. The molecule has 0 atom stereocenters. The second-order valence-electron chi connectivity index (χ2n) is 2.34. The molecule has 1 heterocycles. The molecule has 0 bridgehead atoms. The number of hydrogen-bond donors (Lipinski definition) is 0. The van der Waals surface area contributed by atoms with Crippen LogP contribution < -0.4 is 0 Å². The maximum atomic E-state index is 5.69. The van der Waals surface area contributed by atoms with Crippen molar-refractivity contribution >= 4 is 38.9 Å². The van der Waals surface area contributed by atoms with Crippen LogP contribution in [0.5, 0.6) is 0 Å². The van der Waals surface area contributed by atoms with Gasteiger partial charge in [-0.25, -0.2) is 0 Å². The van der Waals surface area contributed by atoms with Gasteiger partial charge in [-0.15, -0.1) is 10.2 Å². The lowest BCUT2D eigenvalue weighted by molar-refractivity contribution is 1.09. The summed E-state index contributed by atoms with van der Waals surface area (Å²) in [5, 5.41) is 8.53. The second-order valence-corrected chi connectivity index (χ2v) is 4.75. The first-order chi connectivity index (χ1) is 6.27. The van der Waals surface area contributed by atoms with E-state index in [0.29, 0.717) is 4.47 Å². The summed E-state index contributed by atoms with van der Waals surface area (Å²) in [6.45, 7) is 0. The van der Waals surface area contributed by atoms with Crippen LogP contribution in [0.25, 0.3) is 10.6 Å². The first kappa shape index (κ1) is 9.12. The molecule has 0 aliphatic rings. The molecule has 2 rings (SSSR count). The lowest BCUT2D eigenvalue weighted by Crippen LogP contribution is -1.77. The first-order valence-corrected chi connectivity index (χ1v) is 5.50. The normalized spacial score (nSPS) is 10.3. The van der Waals surface area contributed by atoms with E-state index >= 15 is 0 Å². The van der Waals surface area contributed by atoms with Crippen molar-refractivity contribution in [2.45, 2.75) is 0 Å². The van der Waals surface area contributed by atoms with E-state index in [-0.39, 0.29) is 0 Å². The van der Waals surface area contributed by atoms with Crippen LogP contribution in [-0.2, 0) is 0 Å². The molecule has 5 heteroatoms. The molecule has 0 spiro atoms. The smallest absolute Gasteiger partial charge is 0.137 e.